The molecule has 0 aromatic carbocycles. The fraction of sp³-hybridized carbons (Fsp3) is 1.00. The van der Waals surface area contributed by atoms with Gasteiger partial charge >= 0.3 is 79.3 Å². The van der Waals surface area contributed by atoms with Gasteiger partial charge < -0.3 is 0 Å². The molecular weight excluding hydrogens is 338 g/mol. The Morgan fingerprint density at radius 1 is 1.56 bits per heavy atom. The minimum atomic E-state index is 0.419. The summed E-state index contributed by atoms with van der Waals surface area (Å²) in [4.78, 5) is 0. The van der Waals surface area contributed by atoms with Crippen molar-refractivity contribution in [1.29, 1.82) is 0 Å². The molecule has 0 nitrogen and oxygen atoms in total. The minimum absolute atomic E-state index is 0.419. The van der Waals surface area contributed by atoms with Crippen molar-refractivity contribution in [2.45, 2.75) is 38.0 Å². The van der Waals surface area contributed by atoms with Crippen LogP contribution in [-0.2, 0) is 0 Å². The first-order valence-corrected chi connectivity index (χ1v) is 10.8. The molecule has 0 radical (unpaired) electrons. The van der Waals surface area contributed by atoms with Gasteiger partial charge in [0.15, 0.2) is 0 Å². The fourth-order valence-electron chi connectivity index (χ4n) is 0.393. The van der Waals surface area contributed by atoms with Gasteiger partial charge in [-0.25, -0.2) is 0 Å². The summed E-state index contributed by atoms with van der Waals surface area (Å²) >= 11 is 2.99. The molecule has 0 fully saturated rings. The SMILES string of the molecule is CCC(C)(C)C(C)[I-]I. The molecule has 0 aromatic heterocycles. The van der Waals surface area contributed by atoms with E-state index in [9.17, 15) is 0 Å². The molecule has 0 bridgehead atoms. The molecule has 0 saturated carbocycles. The second-order valence-electron chi connectivity index (χ2n) is 3.04. The van der Waals surface area contributed by atoms with Gasteiger partial charge in [-0.05, 0) is 0 Å². The van der Waals surface area contributed by atoms with E-state index >= 15 is 0 Å². The Bertz CT molecular complexity index is 79.0. The predicted octanol–water partition coefficient (Wildman–Crippen LogP) is 0.250. The molecule has 0 saturated heterocycles. The zero-order valence-corrected chi connectivity index (χ0v) is 10.9. The molecule has 1 atom stereocenters. The Labute approximate surface area is 78.6 Å². The summed E-state index contributed by atoms with van der Waals surface area (Å²) in [5.41, 5.74) is 0.592. The van der Waals surface area contributed by atoms with E-state index in [2.05, 4.69) is 46.3 Å². The molecule has 0 aliphatic heterocycles. The third-order valence-corrected chi connectivity index (χ3v) is 9.24. The zero-order valence-electron chi connectivity index (χ0n) is 6.54. The van der Waals surface area contributed by atoms with Gasteiger partial charge in [-0.2, -0.15) is 0 Å². The normalized spacial score (nSPS) is 16.1. The number of hydrogen-bond acceptors (Lipinski definition) is 0. The van der Waals surface area contributed by atoms with Gasteiger partial charge in [0.1, 0.15) is 0 Å². The maximum atomic E-state index is 2.57. The van der Waals surface area contributed by atoms with Gasteiger partial charge in [0.2, 0.25) is 0 Å². The van der Waals surface area contributed by atoms with Crippen LogP contribution in [0.15, 0.2) is 0 Å². The van der Waals surface area contributed by atoms with Crippen LogP contribution in [0.4, 0.5) is 0 Å². The van der Waals surface area contributed by atoms with Gasteiger partial charge in [0.05, 0.1) is 0 Å². The standard InChI is InChI=1S/C7H15I2/c1-5-7(3,4)6(2)9-8/h6H,5H2,1-4H3/q-1. The number of rotatable bonds is 3. The average molecular weight is 353 g/mol. The van der Waals surface area contributed by atoms with Crippen LogP contribution >= 0.6 is 18.6 Å². The van der Waals surface area contributed by atoms with Crippen LogP contribution in [0.2, 0.25) is 0 Å². The van der Waals surface area contributed by atoms with Gasteiger partial charge in [0.25, 0.3) is 0 Å². The summed E-state index contributed by atoms with van der Waals surface area (Å²) in [5.74, 6) is 0. The molecule has 0 heterocycles. The quantitative estimate of drug-likeness (QED) is 0.504. The van der Waals surface area contributed by atoms with E-state index in [0.29, 0.717) is 22.6 Å². The third kappa shape index (κ3) is 3.39. The van der Waals surface area contributed by atoms with Crippen LogP contribution in [-0.4, -0.2) is 3.92 Å². The third-order valence-electron chi connectivity index (χ3n) is 2.11. The predicted molar refractivity (Wildman–Crippen MR) is 47.6 cm³/mol. The second kappa shape index (κ2) is 4.36. The van der Waals surface area contributed by atoms with Crippen molar-refractivity contribution >= 4 is 18.6 Å². The van der Waals surface area contributed by atoms with E-state index in [0.717, 1.165) is 3.92 Å². The van der Waals surface area contributed by atoms with Crippen LogP contribution in [0.5, 0.6) is 0 Å². The van der Waals surface area contributed by atoms with Gasteiger partial charge in [0, 0.05) is 0 Å². The number of halogens is 2. The van der Waals surface area contributed by atoms with Crippen molar-refractivity contribution < 1.29 is 17.2 Å². The summed E-state index contributed by atoms with van der Waals surface area (Å²) in [6.07, 6.45) is 1.32. The van der Waals surface area contributed by atoms with Crippen LogP contribution < -0.4 is 17.2 Å². The van der Waals surface area contributed by atoms with E-state index in [-0.39, 0.29) is 0 Å². The Hall–Kier alpha value is 1.46. The summed E-state index contributed by atoms with van der Waals surface area (Å²) in [6.45, 7) is 9.40. The van der Waals surface area contributed by atoms with E-state index in [1.165, 1.54) is 6.42 Å². The van der Waals surface area contributed by atoms with Crippen molar-refractivity contribution in [1.82, 2.24) is 0 Å². The van der Waals surface area contributed by atoms with E-state index in [4.69, 9.17) is 0 Å². The zero-order chi connectivity index (χ0) is 7.49. The van der Waals surface area contributed by atoms with E-state index in [1.54, 1.807) is 0 Å². The first-order chi connectivity index (χ1) is 4.04. The summed E-state index contributed by atoms with van der Waals surface area (Å²) < 4.78 is 0.960. The number of hydrogen-bond donors (Lipinski definition) is 0. The van der Waals surface area contributed by atoms with Gasteiger partial charge in [-0.1, -0.05) is 0 Å². The fourth-order valence-corrected chi connectivity index (χ4v) is 5.75. The molecular formula is C7H15I2-. The Morgan fingerprint density at radius 3 is 2.11 bits per heavy atom. The van der Waals surface area contributed by atoms with Gasteiger partial charge in [-0.15, -0.1) is 0 Å². The molecule has 0 amide bonds. The Balaban J connectivity index is 3.80. The summed E-state index contributed by atoms with van der Waals surface area (Å²) in [5, 5.41) is 0. The molecule has 1 unspecified atom stereocenters. The Kier molecular flexibility index (Phi) is 5.07. The first-order valence-electron chi connectivity index (χ1n) is 3.29. The monoisotopic (exact) mass is 353 g/mol. The van der Waals surface area contributed by atoms with Crippen molar-refractivity contribution in [2.75, 3.05) is 0 Å². The second-order valence-corrected chi connectivity index (χ2v) is 8.54. The summed E-state index contributed by atoms with van der Waals surface area (Å²) in [6, 6.07) is 0. The molecule has 0 aliphatic carbocycles. The maximum absolute atomic E-state index is 2.57. The van der Waals surface area contributed by atoms with Gasteiger partial charge in [-0.3, -0.25) is 0 Å². The topological polar surface area (TPSA) is 0 Å². The van der Waals surface area contributed by atoms with Crippen LogP contribution in [0.25, 0.3) is 0 Å². The molecule has 2 heteroatoms. The molecule has 58 valence electrons. The molecule has 0 spiro atoms. The average Bonchev–Trinajstić information content (AvgIpc) is 1.86. The van der Waals surface area contributed by atoms with E-state index < -0.39 is 0 Å². The van der Waals surface area contributed by atoms with Crippen molar-refractivity contribution in [3.05, 3.63) is 0 Å². The van der Waals surface area contributed by atoms with Crippen molar-refractivity contribution in [3.63, 3.8) is 0 Å². The van der Waals surface area contributed by atoms with Crippen LogP contribution in [0.1, 0.15) is 34.1 Å². The van der Waals surface area contributed by atoms with E-state index in [1.807, 2.05) is 0 Å². The molecule has 0 aliphatic rings. The molecule has 0 rings (SSSR count). The summed E-state index contributed by atoms with van der Waals surface area (Å²) in [7, 11) is 0. The van der Waals surface area contributed by atoms with Crippen LogP contribution in [0, 0.1) is 5.41 Å². The van der Waals surface area contributed by atoms with Crippen molar-refractivity contribution in [2.24, 2.45) is 5.41 Å². The van der Waals surface area contributed by atoms with Crippen molar-refractivity contribution in [3.8, 4) is 0 Å². The molecule has 0 N–H and O–H groups in total. The molecule has 0 aromatic rings. The molecule has 9 heavy (non-hydrogen) atoms. The Morgan fingerprint density at radius 2 is 2.00 bits per heavy atom. The number of alkyl halides is 1. The van der Waals surface area contributed by atoms with Crippen LogP contribution in [0.3, 0.4) is 0 Å². The first kappa shape index (κ1) is 10.5.